The Balaban J connectivity index is 1.55. The van der Waals surface area contributed by atoms with Gasteiger partial charge in [0, 0.05) is 17.7 Å². The fourth-order valence-electron chi connectivity index (χ4n) is 3.95. The fourth-order valence-corrected chi connectivity index (χ4v) is 3.95. The van der Waals surface area contributed by atoms with Crippen LogP contribution in [0.5, 0.6) is 0 Å². The summed E-state index contributed by atoms with van der Waals surface area (Å²) in [7, 11) is 0. The average Bonchev–Trinajstić information content (AvgIpc) is 3.11. The summed E-state index contributed by atoms with van der Waals surface area (Å²) in [4.78, 5) is 14.9. The molecule has 0 N–H and O–H groups in total. The summed E-state index contributed by atoms with van der Waals surface area (Å²) < 4.78 is 5.77. The van der Waals surface area contributed by atoms with Crippen molar-refractivity contribution in [1.29, 1.82) is 0 Å². The van der Waals surface area contributed by atoms with Crippen molar-refractivity contribution in [2.75, 3.05) is 0 Å². The molecule has 0 amide bonds. The van der Waals surface area contributed by atoms with E-state index in [0.717, 1.165) is 11.5 Å². The van der Waals surface area contributed by atoms with Crippen molar-refractivity contribution in [2.24, 2.45) is 5.92 Å². The Kier molecular flexibility index (Phi) is 4.45. The van der Waals surface area contributed by atoms with Gasteiger partial charge in [0.05, 0.1) is 4.92 Å². The van der Waals surface area contributed by atoms with Crippen molar-refractivity contribution in [3.63, 3.8) is 0 Å². The second kappa shape index (κ2) is 6.90. The maximum atomic E-state index is 10.9. The summed E-state index contributed by atoms with van der Waals surface area (Å²) in [5.74, 6) is 2.05. The Hall–Kier alpha value is -2.69. The molecule has 1 aliphatic carbocycles. The van der Waals surface area contributed by atoms with Crippen LogP contribution in [0.2, 0.25) is 0 Å². The predicted octanol–water partition coefficient (Wildman–Crippen LogP) is 6.09. The van der Waals surface area contributed by atoms with E-state index in [1.807, 2.05) is 12.1 Å². The van der Waals surface area contributed by atoms with Gasteiger partial charge in [0.1, 0.15) is 5.52 Å². The normalized spacial score (nSPS) is 20.3. The summed E-state index contributed by atoms with van der Waals surface area (Å²) in [5, 5.41) is 10.9. The molecule has 1 aliphatic rings. The first-order valence-electron chi connectivity index (χ1n) is 9.29. The maximum Gasteiger partial charge on any atom is 0.271 e. The number of nitro benzene ring substituents is 1. The standard InChI is InChI=1S/C21H22N2O3/c1-2-14-3-5-15(6-4-14)16-7-9-17(10-8-16)21-22-19-13-18(23(24)25)11-12-20(19)26-21/h7-15H,2-6H2,1H3. The zero-order valence-corrected chi connectivity index (χ0v) is 14.9. The topological polar surface area (TPSA) is 69.2 Å². The summed E-state index contributed by atoms with van der Waals surface area (Å²) in [5.41, 5.74) is 3.38. The summed E-state index contributed by atoms with van der Waals surface area (Å²) in [6.07, 6.45) is 6.48. The molecule has 4 rings (SSSR count). The number of aromatic nitrogens is 1. The molecule has 0 atom stereocenters. The average molecular weight is 350 g/mol. The first-order valence-corrected chi connectivity index (χ1v) is 9.29. The highest BCUT2D eigenvalue weighted by molar-refractivity contribution is 5.78. The summed E-state index contributed by atoms with van der Waals surface area (Å²) >= 11 is 0. The lowest BCUT2D eigenvalue weighted by Crippen LogP contribution is -2.12. The number of nitrogens with zero attached hydrogens (tertiary/aromatic N) is 2. The van der Waals surface area contributed by atoms with E-state index in [-0.39, 0.29) is 5.69 Å². The predicted molar refractivity (Wildman–Crippen MR) is 101 cm³/mol. The lowest BCUT2D eigenvalue weighted by Gasteiger charge is -2.28. The Morgan fingerprint density at radius 2 is 1.85 bits per heavy atom. The maximum absolute atomic E-state index is 10.9. The second-order valence-electron chi connectivity index (χ2n) is 7.18. The van der Waals surface area contributed by atoms with Crippen LogP contribution in [0, 0.1) is 16.0 Å². The van der Waals surface area contributed by atoms with Gasteiger partial charge < -0.3 is 4.42 Å². The smallest absolute Gasteiger partial charge is 0.271 e. The lowest BCUT2D eigenvalue weighted by atomic mass is 9.78. The van der Waals surface area contributed by atoms with E-state index in [1.165, 1.54) is 49.8 Å². The van der Waals surface area contributed by atoms with Gasteiger partial charge in [0.25, 0.3) is 5.69 Å². The van der Waals surface area contributed by atoms with Crippen molar-refractivity contribution in [1.82, 2.24) is 4.98 Å². The molecule has 134 valence electrons. The molecule has 0 saturated heterocycles. The van der Waals surface area contributed by atoms with E-state index >= 15 is 0 Å². The van der Waals surface area contributed by atoms with E-state index < -0.39 is 4.92 Å². The van der Waals surface area contributed by atoms with Crippen LogP contribution in [0.4, 0.5) is 5.69 Å². The molecule has 0 spiro atoms. The molecule has 1 aromatic heterocycles. The van der Waals surface area contributed by atoms with Crippen molar-refractivity contribution in [3.05, 3.63) is 58.1 Å². The Labute approximate surface area is 152 Å². The van der Waals surface area contributed by atoms with E-state index in [2.05, 4.69) is 24.0 Å². The van der Waals surface area contributed by atoms with Gasteiger partial charge in [-0.2, -0.15) is 0 Å². The zero-order chi connectivity index (χ0) is 18.1. The van der Waals surface area contributed by atoms with E-state index in [1.54, 1.807) is 6.07 Å². The first-order chi connectivity index (χ1) is 12.6. The SMILES string of the molecule is CCC1CCC(c2ccc(-c3nc4cc([N+](=O)[O-])ccc4o3)cc2)CC1. The number of oxazole rings is 1. The minimum atomic E-state index is -0.421. The number of benzene rings is 2. The van der Waals surface area contributed by atoms with Crippen LogP contribution in [0.25, 0.3) is 22.6 Å². The molecule has 0 radical (unpaired) electrons. The third-order valence-corrected chi connectivity index (χ3v) is 5.64. The van der Waals surface area contributed by atoms with E-state index in [0.29, 0.717) is 22.9 Å². The van der Waals surface area contributed by atoms with Crippen molar-refractivity contribution >= 4 is 16.8 Å². The molecule has 3 aromatic rings. The number of hydrogen-bond donors (Lipinski definition) is 0. The lowest BCUT2D eigenvalue weighted by molar-refractivity contribution is -0.384. The number of fused-ring (bicyclic) bond motifs is 1. The molecule has 0 bridgehead atoms. The zero-order valence-electron chi connectivity index (χ0n) is 14.9. The fraction of sp³-hybridized carbons (Fsp3) is 0.381. The molecule has 2 aromatic carbocycles. The highest BCUT2D eigenvalue weighted by atomic mass is 16.6. The van der Waals surface area contributed by atoms with Crippen molar-refractivity contribution in [3.8, 4) is 11.5 Å². The molecule has 0 unspecified atom stereocenters. The number of rotatable bonds is 4. The minimum Gasteiger partial charge on any atom is -0.436 e. The van der Waals surface area contributed by atoms with Gasteiger partial charge in [0.2, 0.25) is 5.89 Å². The molecule has 5 nitrogen and oxygen atoms in total. The third-order valence-electron chi connectivity index (χ3n) is 5.64. The van der Waals surface area contributed by atoms with Crippen LogP contribution in [-0.4, -0.2) is 9.91 Å². The highest BCUT2D eigenvalue weighted by Crippen LogP contribution is 2.37. The molecular formula is C21H22N2O3. The molecule has 1 fully saturated rings. The van der Waals surface area contributed by atoms with E-state index in [4.69, 9.17) is 4.42 Å². The van der Waals surface area contributed by atoms with Gasteiger partial charge in [-0.1, -0.05) is 25.5 Å². The Morgan fingerprint density at radius 1 is 1.12 bits per heavy atom. The third kappa shape index (κ3) is 3.21. The van der Waals surface area contributed by atoms with Gasteiger partial charge in [-0.25, -0.2) is 4.98 Å². The van der Waals surface area contributed by atoms with Gasteiger partial charge in [0.15, 0.2) is 5.58 Å². The summed E-state index contributed by atoms with van der Waals surface area (Å²) in [6, 6.07) is 12.9. The van der Waals surface area contributed by atoms with Crippen LogP contribution in [0.1, 0.15) is 50.5 Å². The number of nitro groups is 1. The van der Waals surface area contributed by atoms with Gasteiger partial charge in [-0.05, 0) is 61.3 Å². The minimum absolute atomic E-state index is 0.0235. The van der Waals surface area contributed by atoms with Crippen molar-refractivity contribution in [2.45, 2.75) is 44.9 Å². The molecule has 1 heterocycles. The Morgan fingerprint density at radius 3 is 2.50 bits per heavy atom. The second-order valence-corrected chi connectivity index (χ2v) is 7.18. The largest absolute Gasteiger partial charge is 0.436 e. The number of non-ortho nitro benzene ring substituents is 1. The van der Waals surface area contributed by atoms with Crippen LogP contribution >= 0.6 is 0 Å². The summed E-state index contributed by atoms with van der Waals surface area (Å²) in [6.45, 7) is 2.29. The van der Waals surface area contributed by atoms with E-state index in [9.17, 15) is 10.1 Å². The van der Waals surface area contributed by atoms with Gasteiger partial charge in [-0.15, -0.1) is 0 Å². The number of hydrogen-bond acceptors (Lipinski definition) is 4. The van der Waals surface area contributed by atoms with Crippen LogP contribution in [0.3, 0.4) is 0 Å². The first kappa shape index (κ1) is 16.8. The Bertz CT molecular complexity index is 922. The quantitative estimate of drug-likeness (QED) is 0.422. The van der Waals surface area contributed by atoms with Gasteiger partial charge >= 0.3 is 0 Å². The molecule has 26 heavy (non-hydrogen) atoms. The molecule has 5 heteroatoms. The molecular weight excluding hydrogens is 328 g/mol. The molecule has 1 saturated carbocycles. The van der Waals surface area contributed by atoms with Crippen LogP contribution < -0.4 is 0 Å². The highest BCUT2D eigenvalue weighted by Gasteiger charge is 2.21. The van der Waals surface area contributed by atoms with Crippen LogP contribution in [-0.2, 0) is 0 Å². The van der Waals surface area contributed by atoms with Crippen molar-refractivity contribution < 1.29 is 9.34 Å². The molecule has 0 aliphatic heterocycles. The van der Waals surface area contributed by atoms with Gasteiger partial charge in [-0.3, -0.25) is 10.1 Å². The monoisotopic (exact) mass is 350 g/mol. The van der Waals surface area contributed by atoms with Crippen LogP contribution in [0.15, 0.2) is 46.9 Å².